The molecule has 2 aromatic rings. The first kappa shape index (κ1) is 14.7. The van der Waals surface area contributed by atoms with Crippen molar-refractivity contribution < 1.29 is 9.32 Å². The molecule has 2 aromatic heterocycles. The van der Waals surface area contributed by atoms with Crippen molar-refractivity contribution in [2.24, 2.45) is 0 Å². The zero-order valence-electron chi connectivity index (χ0n) is 13.8. The fourth-order valence-corrected chi connectivity index (χ4v) is 3.69. The van der Waals surface area contributed by atoms with Crippen molar-refractivity contribution in [3.63, 3.8) is 0 Å². The van der Waals surface area contributed by atoms with Crippen LogP contribution in [0.2, 0.25) is 0 Å². The summed E-state index contributed by atoms with van der Waals surface area (Å²) in [6.07, 6.45) is 8.23. The van der Waals surface area contributed by atoms with Crippen molar-refractivity contribution in [1.29, 1.82) is 0 Å². The Bertz CT molecular complexity index is 742. The van der Waals surface area contributed by atoms with Crippen LogP contribution in [0.15, 0.2) is 10.6 Å². The Labute approximate surface area is 136 Å². The van der Waals surface area contributed by atoms with Crippen molar-refractivity contribution in [2.45, 2.75) is 63.8 Å². The summed E-state index contributed by atoms with van der Waals surface area (Å²) in [5.74, 6) is 0.564. The highest BCUT2D eigenvalue weighted by Crippen LogP contribution is 2.40. The van der Waals surface area contributed by atoms with Crippen LogP contribution in [0, 0.1) is 6.92 Å². The van der Waals surface area contributed by atoms with E-state index < -0.39 is 0 Å². The molecular weight excluding hydrogens is 290 g/mol. The summed E-state index contributed by atoms with van der Waals surface area (Å²) in [4.78, 5) is 19.6. The number of carbonyl (C=O) groups excluding carboxylic acids is 1. The Kier molecular flexibility index (Phi) is 3.58. The number of hydrogen-bond donors (Lipinski definition) is 0. The Morgan fingerprint density at radius 1 is 1.22 bits per heavy atom. The first-order valence-electron chi connectivity index (χ1n) is 8.69. The predicted molar refractivity (Wildman–Crippen MR) is 87.5 cm³/mol. The topological polar surface area (TPSA) is 59.2 Å². The van der Waals surface area contributed by atoms with Gasteiger partial charge in [0.1, 0.15) is 0 Å². The van der Waals surface area contributed by atoms with Crippen molar-refractivity contribution in [3.05, 3.63) is 23.0 Å². The van der Waals surface area contributed by atoms with Gasteiger partial charge in [0.25, 0.3) is 11.6 Å². The van der Waals surface area contributed by atoms with Gasteiger partial charge in [-0.2, -0.15) is 0 Å². The predicted octanol–water partition coefficient (Wildman–Crippen LogP) is 3.81. The number of pyridine rings is 1. The van der Waals surface area contributed by atoms with Crippen LogP contribution >= 0.6 is 0 Å². The largest absolute Gasteiger partial charge is 0.339 e. The second-order valence-corrected chi connectivity index (χ2v) is 7.02. The van der Waals surface area contributed by atoms with Gasteiger partial charge >= 0.3 is 0 Å². The standard InChI is InChI=1S/C18H23N3O2/c1-11-16-14(18(22)21(2)13-6-4-3-5-7-13)10-15(12-8-9-12)19-17(16)23-20-11/h10,12-13H,3-9H2,1-2H3. The van der Waals surface area contributed by atoms with Gasteiger partial charge in [0.15, 0.2) is 0 Å². The Hall–Kier alpha value is -1.91. The lowest BCUT2D eigenvalue weighted by atomic mass is 9.94. The average Bonchev–Trinajstić information content (AvgIpc) is 3.37. The fraction of sp³-hybridized carbons (Fsp3) is 0.611. The van der Waals surface area contributed by atoms with Crippen LogP contribution in [0.1, 0.15) is 72.6 Å². The van der Waals surface area contributed by atoms with Crippen LogP contribution in [0.5, 0.6) is 0 Å². The molecule has 2 heterocycles. The molecule has 23 heavy (non-hydrogen) atoms. The van der Waals surface area contributed by atoms with E-state index in [9.17, 15) is 4.79 Å². The molecule has 0 N–H and O–H groups in total. The second-order valence-electron chi connectivity index (χ2n) is 7.02. The normalized spacial score (nSPS) is 19.2. The second kappa shape index (κ2) is 5.62. The molecule has 2 saturated carbocycles. The maximum absolute atomic E-state index is 13.1. The minimum absolute atomic E-state index is 0.0810. The molecule has 0 aliphatic heterocycles. The van der Waals surface area contributed by atoms with Crippen LogP contribution in [-0.4, -0.2) is 34.0 Å². The van der Waals surface area contributed by atoms with Crippen molar-refractivity contribution in [2.75, 3.05) is 7.05 Å². The number of carbonyl (C=O) groups is 1. The minimum atomic E-state index is 0.0810. The van der Waals surface area contributed by atoms with Crippen molar-refractivity contribution in [3.8, 4) is 0 Å². The van der Waals surface area contributed by atoms with Gasteiger partial charge in [-0.15, -0.1) is 0 Å². The molecule has 0 aromatic carbocycles. The first-order chi connectivity index (χ1) is 11.1. The number of hydrogen-bond acceptors (Lipinski definition) is 4. The quantitative estimate of drug-likeness (QED) is 0.864. The van der Waals surface area contributed by atoms with Crippen molar-refractivity contribution >= 4 is 17.0 Å². The number of fused-ring (bicyclic) bond motifs is 1. The molecular formula is C18H23N3O2. The maximum atomic E-state index is 13.1. The lowest BCUT2D eigenvalue weighted by Gasteiger charge is -2.31. The SMILES string of the molecule is Cc1noc2nc(C3CC3)cc(C(=O)N(C)C3CCCCC3)c12. The molecule has 0 bridgehead atoms. The fourth-order valence-electron chi connectivity index (χ4n) is 3.69. The summed E-state index contributed by atoms with van der Waals surface area (Å²) in [6.45, 7) is 1.88. The van der Waals surface area contributed by atoms with Crippen LogP contribution in [-0.2, 0) is 0 Å². The van der Waals surface area contributed by atoms with Gasteiger partial charge in [-0.3, -0.25) is 4.79 Å². The lowest BCUT2D eigenvalue weighted by Crippen LogP contribution is -2.38. The summed E-state index contributed by atoms with van der Waals surface area (Å²) in [7, 11) is 1.93. The molecule has 2 aliphatic carbocycles. The Morgan fingerprint density at radius 2 is 1.96 bits per heavy atom. The van der Waals surface area contributed by atoms with Crippen LogP contribution in [0.3, 0.4) is 0 Å². The smallest absolute Gasteiger partial charge is 0.259 e. The van der Waals surface area contributed by atoms with E-state index in [1.54, 1.807) is 0 Å². The summed E-state index contributed by atoms with van der Waals surface area (Å²) in [6, 6.07) is 2.33. The average molecular weight is 313 g/mol. The Balaban J connectivity index is 1.73. The van der Waals surface area contributed by atoms with E-state index in [0.717, 1.165) is 42.5 Å². The first-order valence-corrected chi connectivity index (χ1v) is 8.69. The molecule has 122 valence electrons. The van der Waals surface area contributed by atoms with Gasteiger partial charge in [0, 0.05) is 24.7 Å². The minimum Gasteiger partial charge on any atom is -0.339 e. The molecule has 1 amide bonds. The third-order valence-corrected chi connectivity index (χ3v) is 5.31. The summed E-state index contributed by atoms with van der Waals surface area (Å²) < 4.78 is 5.35. The molecule has 0 radical (unpaired) electrons. The molecule has 2 fully saturated rings. The van der Waals surface area contributed by atoms with E-state index >= 15 is 0 Å². The van der Waals surface area contributed by atoms with Gasteiger partial charge in [0.2, 0.25) is 0 Å². The van der Waals surface area contributed by atoms with Crippen molar-refractivity contribution in [1.82, 2.24) is 15.0 Å². The summed E-state index contributed by atoms with van der Waals surface area (Å²) in [5.41, 5.74) is 2.94. The molecule has 5 nitrogen and oxygen atoms in total. The number of aryl methyl sites for hydroxylation is 1. The third-order valence-electron chi connectivity index (χ3n) is 5.31. The highest BCUT2D eigenvalue weighted by molar-refractivity contribution is 6.06. The summed E-state index contributed by atoms with van der Waals surface area (Å²) >= 11 is 0. The Morgan fingerprint density at radius 3 is 2.65 bits per heavy atom. The zero-order valence-corrected chi connectivity index (χ0v) is 13.8. The number of aromatic nitrogens is 2. The zero-order chi connectivity index (χ0) is 16.0. The van der Waals surface area contributed by atoms with Gasteiger partial charge in [0.05, 0.1) is 16.6 Å². The van der Waals surface area contributed by atoms with E-state index in [-0.39, 0.29) is 5.91 Å². The molecule has 0 saturated heterocycles. The van der Waals surface area contributed by atoms with Gasteiger partial charge in [-0.25, -0.2) is 4.98 Å². The van der Waals surface area contributed by atoms with E-state index in [2.05, 4.69) is 10.1 Å². The molecule has 4 rings (SSSR count). The third kappa shape index (κ3) is 2.62. The highest BCUT2D eigenvalue weighted by atomic mass is 16.5. The van der Waals surface area contributed by atoms with E-state index in [1.807, 2.05) is 24.9 Å². The lowest BCUT2D eigenvalue weighted by molar-refractivity contribution is 0.0698. The van der Waals surface area contributed by atoms with Crippen LogP contribution in [0.25, 0.3) is 11.1 Å². The molecule has 2 aliphatic rings. The monoisotopic (exact) mass is 313 g/mol. The molecule has 0 atom stereocenters. The number of nitrogens with zero attached hydrogens (tertiary/aromatic N) is 3. The van der Waals surface area contributed by atoms with Crippen LogP contribution < -0.4 is 0 Å². The van der Waals surface area contributed by atoms with E-state index in [1.165, 1.54) is 19.3 Å². The number of rotatable bonds is 3. The van der Waals surface area contributed by atoms with E-state index in [0.29, 0.717) is 23.2 Å². The number of amides is 1. The van der Waals surface area contributed by atoms with Gasteiger partial charge < -0.3 is 9.42 Å². The molecule has 0 spiro atoms. The van der Waals surface area contributed by atoms with E-state index in [4.69, 9.17) is 4.52 Å². The van der Waals surface area contributed by atoms with Gasteiger partial charge in [-0.1, -0.05) is 24.4 Å². The highest BCUT2D eigenvalue weighted by Gasteiger charge is 2.30. The molecule has 5 heteroatoms. The van der Waals surface area contributed by atoms with Gasteiger partial charge in [-0.05, 0) is 38.7 Å². The molecule has 0 unspecified atom stereocenters. The summed E-state index contributed by atoms with van der Waals surface area (Å²) in [5, 5.41) is 4.80. The van der Waals surface area contributed by atoms with Crippen LogP contribution in [0.4, 0.5) is 0 Å². The maximum Gasteiger partial charge on any atom is 0.259 e.